The van der Waals surface area contributed by atoms with Crippen molar-refractivity contribution in [2.75, 3.05) is 7.11 Å². The smallest absolute Gasteiger partial charge is 0.491 e. The summed E-state index contributed by atoms with van der Waals surface area (Å²) in [7, 11) is 0.203. The molecule has 0 saturated carbocycles. The van der Waals surface area contributed by atoms with Crippen molar-refractivity contribution in [3.8, 4) is 5.75 Å². The number of hydrogen-bond acceptors (Lipinski definition) is 7. The second-order valence-electron chi connectivity index (χ2n) is 7.38. The molecule has 2 N–H and O–H groups in total. The van der Waals surface area contributed by atoms with Gasteiger partial charge in [-0.1, -0.05) is 12.1 Å². The molecule has 1 aliphatic rings. The SMILES string of the molecule is COC(=O)[C@H](CC(C)Oc1cccc2c1B(O)OC2)NC(=O)OC(C)(C)C. The van der Waals surface area contributed by atoms with Gasteiger partial charge in [0.15, 0.2) is 0 Å². The summed E-state index contributed by atoms with van der Waals surface area (Å²) in [4.78, 5) is 24.0. The number of ether oxygens (including phenoxy) is 3. The van der Waals surface area contributed by atoms with Crippen LogP contribution in [0.5, 0.6) is 5.75 Å². The van der Waals surface area contributed by atoms with Crippen LogP contribution in [0.4, 0.5) is 4.79 Å². The molecule has 2 rings (SSSR count). The molecule has 8 nitrogen and oxygen atoms in total. The number of fused-ring (bicyclic) bond motifs is 1. The van der Waals surface area contributed by atoms with Crippen LogP contribution in [-0.2, 0) is 25.5 Å². The van der Waals surface area contributed by atoms with Gasteiger partial charge in [-0.3, -0.25) is 0 Å². The second-order valence-corrected chi connectivity index (χ2v) is 7.38. The molecule has 2 atom stereocenters. The van der Waals surface area contributed by atoms with Gasteiger partial charge in [-0.25, -0.2) is 9.59 Å². The van der Waals surface area contributed by atoms with E-state index in [0.717, 1.165) is 5.56 Å². The van der Waals surface area contributed by atoms with Gasteiger partial charge >= 0.3 is 19.2 Å². The molecule has 0 aromatic heterocycles. The molecule has 1 aliphatic heterocycles. The molecule has 9 heteroatoms. The Morgan fingerprint density at radius 1 is 1.37 bits per heavy atom. The Kier molecular flexibility index (Phi) is 6.72. The lowest BCUT2D eigenvalue weighted by Gasteiger charge is -2.24. The molecule has 27 heavy (non-hydrogen) atoms. The van der Waals surface area contributed by atoms with Crippen molar-refractivity contribution in [1.82, 2.24) is 5.32 Å². The second kappa shape index (κ2) is 8.62. The molecule has 0 aliphatic carbocycles. The van der Waals surface area contributed by atoms with Crippen LogP contribution >= 0.6 is 0 Å². The Hall–Kier alpha value is -2.26. The predicted molar refractivity (Wildman–Crippen MR) is 98.7 cm³/mol. The Balaban J connectivity index is 2.04. The first kappa shape index (κ1) is 21.0. The highest BCUT2D eigenvalue weighted by atomic mass is 16.6. The van der Waals surface area contributed by atoms with Crippen molar-refractivity contribution in [1.29, 1.82) is 0 Å². The maximum atomic E-state index is 12.0. The highest BCUT2D eigenvalue weighted by Crippen LogP contribution is 2.20. The molecule has 1 aromatic rings. The third-order valence-corrected chi connectivity index (χ3v) is 3.87. The molecule has 148 valence electrons. The van der Waals surface area contributed by atoms with Crippen LogP contribution in [0.15, 0.2) is 18.2 Å². The molecule has 0 bridgehead atoms. The van der Waals surface area contributed by atoms with Gasteiger partial charge in [-0.2, -0.15) is 0 Å². The Bertz CT molecular complexity index is 689. The number of amides is 1. The molecule has 0 spiro atoms. The van der Waals surface area contributed by atoms with E-state index in [-0.39, 0.29) is 6.42 Å². The summed E-state index contributed by atoms with van der Waals surface area (Å²) >= 11 is 0. The molecule has 0 fully saturated rings. The van der Waals surface area contributed by atoms with Crippen LogP contribution in [0.2, 0.25) is 0 Å². The topological polar surface area (TPSA) is 103 Å². The first-order valence-corrected chi connectivity index (χ1v) is 8.76. The molecule has 0 radical (unpaired) electrons. The largest absolute Gasteiger partial charge is 0.495 e. The fourth-order valence-corrected chi connectivity index (χ4v) is 2.75. The van der Waals surface area contributed by atoms with E-state index in [4.69, 9.17) is 18.9 Å². The molecule has 0 saturated heterocycles. The minimum absolute atomic E-state index is 0.159. The summed E-state index contributed by atoms with van der Waals surface area (Å²) in [5, 5.41) is 12.5. The van der Waals surface area contributed by atoms with Crippen LogP contribution in [0.25, 0.3) is 0 Å². The summed E-state index contributed by atoms with van der Waals surface area (Å²) in [6.07, 6.45) is -1.01. The van der Waals surface area contributed by atoms with Crippen molar-refractivity contribution in [2.45, 2.75) is 58.5 Å². The zero-order valence-electron chi connectivity index (χ0n) is 16.3. The van der Waals surface area contributed by atoms with Crippen LogP contribution in [0.1, 0.15) is 39.7 Å². The number of rotatable bonds is 6. The lowest BCUT2D eigenvalue weighted by atomic mass is 9.79. The van der Waals surface area contributed by atoms with Crippen molar-refractivity contribution >= 4 is 24.6 Å². The molecular weight excluding hydrogens is 353 g/mol. The van der Waals surface area contributed by atoms with E-state index in [1.54, 1.807) is 39.8 Å². The van der Waals surface area contributed by atoms with Gasteiger partial charge in [0.1, 0.15) is 17.4 Å². The standard InChI is InChI=1S/C18H26BNO7/c1-11(26-14-8-6-7-12-10-25-19(23)15(12)14)9-13(16(21)24-5)20-17(22)27-18(2,3)4/h6-8,11,13,23H,9-10H2,1-5H3,(H,20,22)/t11?,13-/m0/s1. The summed E-state index contributed by atoms with van der Waals surface area (Å²) in [6, 6.07) is 4.45. The molecule has 1 heterocycles. The van der Waals surface area contributed by atoms with Gasteiger partial charge in [0.2, 0.25) is 0 Å². The van der Waals surface area contributed by atoms with E-state index in [1.165, 1.54) is 7.11 Å². The average molecular weight is 379 g/mol. The summed E-state index contributed by atoms with van der Waals surface area (Å²) in [5.41, 5.74) is 0.746. The summed E-state index contributed by atoms with van der Waals surface area (Å²) in [5.74, 6) is -0.121. The number of methoxy groups -OCH3 is 1. The minimum Gasteiger partial charge on any atom is -0.491 e. The number of alkyl carbamates (subject to hydrolysis) is 1. The van der Waals surface area contributed by atoms with Gasteiger partial charge in [0.05, 0.1) is 19.8 Å². The number of nitrogens with one attached hydrogen (secondary N) is 1. The van der Waals surface area contributed by atoms with E-state index < -0.39 is 36.9 Å². The van der Waals surface area contributed by atoms with Crippen LogP contribution in [-0.4, -0.2) is 49.1 Å². The third kappa shape index (κ3) is 5.87. The third-order valence-electron chi connectivity index (χ3n) is 3.87. The van der Waals surface area contributed by atoms with E-state index in [1.807, 2.05) is 6.07 Å². The van der Waals surface area contributed by atoms with Crippen LogP contribution in [0.3, 0.4) is 0 Å². The summed E-state index contributed by atoms with van der Waals surface area (Å²) < 4.78 is 21.1. The monoisotopic (exact) mass is 379 g/mol. The zero-order chi connectivity index (χ0) is 20.2. The Morgan fingerprint density at radius 2 is 2.07 bits per heavy atom. The van der Waals surface area contributed by atoms with Gasteiger partial charge in [0, 0.05) is 11.9 Å². The van der Waals surface area contributed by atoms with Gasteiger partial charge in [-0.15, -0.1) is 0 Å². The number of benzene rings is 1. The Morgan fingerprint density at radius 3 is 2.70 bits per heavy atom. The van der Waals surface area contributed by atoms with E-state index in [9.17, 15) is 14.6 Å². The first-order valence-electron chi connectivity index (χ1n) is 8.76. The van der Waals surface area contributed by atoms with Crippen molar-refractivity contribution in [3.05, 3.63) is 23.8 Å². The fraction of sp³-hybridized carbons (Fsp3) is 0.556. The lowest BCUT2D eigenvalue weighted by Crippen LogP contribution is -2.46. The highest BCUT2D eigenvalue weighted by molar-refractivity contribution is 6.62. The summed E-state index contributed by atoms with van der Waals surface area (Å²) in [6.45, 7) is 7.26. The van der Waals surface area contributed by atoms with Crippen LogP contribution in [0, 0.1) is 0 Å². The normalized spacial score (nSPS) is 15.6. The predicted octanol–water partition coefficient (Wildman–Crippen LogP) is 1.13. The van der Waals surface area contributed by atoms with E-state index >= 15 is 0 Å². The Labute approximate surface area is 159 Å². The van der Waals surface area contributed by atoms with Crippen LogP contribution < -0.4 is 15.5 Å². The molecule has 1 unspecified atom stereocenters. The first-order chi connectivity index (χ1) is 12.6. The molecule has 1 aromatic carbocycles. The quantitative estimate of drug-likeness (QED) is 0.564. The zero-order valence-corrected chi connectivity index (χ0v) is 16.3. The number of carbonyl (C=O) groups is 2. The van der Waals surface area contributed by atoms with Gasteiger partial charge < -0.3 is 29.2 Å². The maximum absolute atomic E-state index is 12.0. The number of carbonyl (C=O) groups excluding carboxylic acids is 2. The fourth-order valence-electron chi connectivity index (χ4n) is 2.75. The maximum Gasteiger partial charge on any atom is 0.495 e. The highest BCUT2D eigenvalue weighted by Gasteiger charge is 2.32. The van der Waals surface area contributed by atoms with Crippen molar-refractivity contribution in [2.24, 2.45) is 0 Å². The van der Waals surface area contributed by atoms with Gasteiger partial charge in [0.25, 0.3) is 0 Å². The van der Waals surface area contributed by atoms with E-state index in [0.29, 0.717) is 17.8 Å². The minimum atomic E-state index is -1.04. The number of esters is 1. The molecular formula is C18H26BNO7. The van der Waals surface area contributed by atoms with E-state index in [2.05, 4.69) is 5.32 Å². The lowest BCUT2D eigenvalue weighted by molar-refractivity contribution is -0.143. The molecule has 1 amide bonds. The van der Waals surface area contributed by atoms with Crippen molar-refractivity contribution < 1.29 is 33.5 Å². The number of hydrogen-bond donors (Lipinski definition) is 2. The average Bonchev–Trinajstić information content (AvgIpc) is 2.94. The van der Waals surface area contributed by atoms with Crippen molar-refractivity contribution in [3.63, 3.8) is 0 Å². The van der Waals surface area contributed by atoms with Gasteiger partial charge in [-0.05, 0) is 39.3 Å².